The van der Waals surface area contributed by atoms with E-state index in [1.807, 2.05) is 22.8 Å². The fraction of sp³-hybridized carbons (Fsp3) is 0.522. The Morgan fingerprint density at radius 3 is 2.80 bits per heavy atom. The molecule has 7 heteroatoms. The number of aromatic nitrogens is 3. The van der Waals surface area contributed by atoms with Crippen LogP contribution in [0.3, 0.4) is 0 Å². The lowest BCUT2D eigenvalue weighted by atomic mass is 9.95. The average Bonchev–Trinajstić information content (AvgIpc) is 3.21. The number of hydrogen-bond acceptors (Lipinski definition) is 6. The predicted molar refractivity (Wildman–Crippen MR) is 123 cm³/mol. The predicted octanol–water partition coefficient (Wildman–Crippen LogP) is 3.63. The van der Waals surface area contributed by atoms with Gasteiger partial charge in [0, 0.05) is 13.1 Å². The van der Waals surface area contributed by atoms with E-state index in [1.54, 1.807) is 5.51 Å². The van der Waals surface area contributed by atoms with Gasteiger partial charge in [0.25, 0.3) is 5.56 Å². The zero-order chi connectivity index (χ0) is 21.1. The van der Waals surface area contributed by atoms with Crippen molar-refractivity contribution in [3.63, 3.8) is 0 Å². The van der Waals surface area contributed by atoms with Gasteiger partial charge in [-0.3, -0.25) is 14.3 Å². The number of benzene rings is 1. The molecule has 0 radical (unpaired) electrons. The van der Waals surface area contributed by atoms with Gasteiger partial charge in [-0.2, -0.15) is 0 Å². The molecular weight excluding hydrogens is 394 g/mol. The number of likely N-dealkylation sites (tertiary alicyclic amines) is 1. The van der Waals surface area contributed by atoms with Gasteiger partial charge in [0.15, 0.2) is 10.3 Å². The third-order valence-corrected chi connectivity index (χ3v) is 6.69. The summed E-state index contributed by atoms with van der Waals surface area (Å²) in [5.41, 5.74) is 3.29. The van der Waals surface area contributed by atoms with Crippen LogP contribution in [-0.2, 0) is 6.54 Å². The SMILES string of the molecule is CCC(c1nc2scnc2c(=O)n1Cc1ccccc1)N1CCCC(CN(C)C)C1. The lowest BCUT2D eigenvalue weighted by Crippen LogP contribution is -2.43. The highest BCUT2D eigenvalue weighted by molar-refractivity contribution is 7.16. The van der Waals surface area contributed by atoms with Gasteiger partial charge >= 0.3 is 0 Å². The van der Waals surface area contributed by atoms with Crippen LogP contribution < -0.4 is 5.56 Å². The van der Waals surface area contributed by atoms with Crippen LogP contribution in [0.25, 0.3) is 10.3 Å². The second-order valence-corrected chi connectivity index (χ2v) is 9.38. The van der Waals surface area contributed by atoms with Gasteiger partial charge in [-0.1, -0.05) is 37.3 Å². The molecule has 160 valence electrons. The topological polar surface area (TPSA) is 54.3 Å². The van der Waals surface area contributed by atoms with Crippen molar-refractivity contribution in [1.82, 2.24) is 24.3 Å². The van der Waals surface area contributed by atoms with Crippen LogP contribution in [-0.4, -0.2) is 58.1 Å². The fourth-order valence-corrected chi connectivity index (χ4v) is 5.34. The van der Waals surface area contributed by atoms with Crippen molar-refractivity contribution in [1.29, 1.82) is 0 Å². The molecule has 0 aliphatic carbocycles. The summed E-state index contributed by atoms with van der Waals surface area (Å²) in [6, 6.07) is 10.3. The molecule has 2 unspecified atom stereocenters. The number of thiazole rings is 1. The van der Waals surface area contributed by atoms with Gasteiger partial charge in [-0.25, -0.2) is 9.97 Å². The molecule has 0 saturated carbocycles. The minimum absolute atomic E-state index is 0.0274. The first-order valence-corrected chi connectivity index (χ1v) is 11.7. The van der Waals surface area contributed by atoms with Crippen molar-refractivity contribution in [2.75, 3.05) is 33.7 Å². The summed E-state index contributed by atoms with van der Waals surface area (Å²) in [5, 5.41) is 0. The van der Waals surface area contributed by atoms with Gasteiger partial charge in [0.1, 0.15) is 5.82 Å². The summed E-state index contributed by atoms with van der Waals surface area (Å²) in [4.78, 5) is 28.2. The number of hydrogen-bond donors (Lipinski definition) is 0. The Balaban J connectivity index is 1.73. The van der Waals surface area contributed by atoms with Crippen molar-refractivity contribution in [2.45, 2.75) is 38.8 Å². The Kier molecular flexibility index (Phi) is 6.61. The average molecular weight is 426 g/mol. The lowest BCUT2D eigenvalue weighted by molar-refractivity contribution is 0.0994. The minimum atomic E-state index is -0.0274. The molecule has 1 aliphatic heterocycles. The molecule has 1 saturated heterocycles. The maximum atomic E-state index is 13.4. The number of piperidine rings is 1. The zero-order valence-corrected chi connectivity index (χ0v) is 18.9. The highest BCUT2D eigenvalue weighted by atomic mass is 32.1. The molecule has 0 amide bonds. The Morgan fingerprint density at radius 2 is 2.07 bits per heavy atom. The van der Waals surface area contributed by atoms with Gasteiger partial charge in [0.2, 0.25) is 0 Å². The third-order valence-electron chi connectivity index (χ3n) is 5.97. The van der Waals surface area contributed by atoms with Crippen LogP contribution in [0.2, 0.25) is 0 Å². The maximum Gasteiger partial charge on any atom is 0.281 e. The van der Waals surface area contributed by atoms with Gasteiger partial charge in [0.05, 0.1) is 18.1 Å². The van der Waals surface area contributed by atoms with Gasteiger partial charge in [-0.05, 0) is 51.4 Å². The molecule has 2 atom stereocenters. The first-order chi connectivity index (χ1) is 14.6. The van der Waals surface area contributed by atoms with Crippen molar-refractivity contribution in [2.24, 2.45) is 5.92 Å². The van der Waals surface area contributed by atoms with Crippen molar-refractivity contribution < 1.29 is 0 Å². The Labute approximate surface area is 182 Å². The van der Waals surface area contributed by atoms with Crippen LogP contribution in [0.1, 0.15) is 43.6 Å². The van der Waals surface area contributed by atoms with Crippen LogP contribution >= 0.6 is 11.3 Å². The van der Waals surface area contributed by atoms with Crippen LogP contribution in [0.4, 0.5) is 0 Å². The Hall–Kier alpha value is -2.09. The molecule has 0 spiro atoms. The van der Waals surface area contributed by atoms with E-state index in [4.69, 9.17) is 4.98 Å². The highest BCUT2D eigenvalue weighted by Gasteiger charge is 2.30. The second-order valence-electron chi connectivity index (χ2n) is 8.54. The summed E-state index contributed by atoms with van der Waals surface area (Å²) in [5.74, 6) is 1.54. The van der Waals surface area contributed by atoms with Crippen molar-refractivity contribution in [3.8, 4) is 0 Å². The standard InChI is InChI=1S/C23H31N5OS/c1-4-19(27-12-8-11-18(14-27)13-26(2)3)21-25-22-20(24-16-30-22)23(29)28(21)15-17-9-6-5-7-10-17/h5-7,9-10,16,18-19H,4,8,11-15H2,1-3H3. The maximum absolute atomic E-state index is 13.4. The van der Waals surface area contributed by atoms with E-state index >= 15 is 0 Å². The summed E-state index contributed by atoms with van der Waals surface area (Å²) in [6.45, 7) is 5.95. The van der Waals surface area contributed by atoms with E-state index in [2.05, 4.69) is 47.9 Å². The number of rotatable bonds is 7. The molecule has 4 rings (SSSR count). The van der Waals surface area contributed by atoms with Crippen LogP contribution in [0.5, 0.6) is 0 Å². The highest BCUT2D eigenvalue weighted by Crippen LogP contribution is 2.29. The van der Waals surface area contributed by atoms with E-state index < -0.39 is 0 Å². The largest absolute Gasteiger partial charge is 0.309 e. The summed E-state index contributed by atoms with van der Waals surface area (Å²) >= 11 is 1.45. The first kappa shape index (κ1) is 21.2. The Morgan fingerprint density at radius 1 is 1.27 bits per heavy atom. The summed E-state index contributed by atoms with van der Waals surface area (Å²) < 4.78 is 1.86. The van der Waals surface area contributed by atoms with Crippen LogP contribution in [0, 0.1) is 5.92 Å². The molecule has 0 N–H and O–H groups in total. The minimum Gasteiger partial charge on any atom is -0.309 e. The summed E-state index contributed by atoms with van der Waals surface area (Å²) in [7, 11) is 4.29. The molecule has 1 aromatic carbocycles. The smallest absolute Gasteiger partial charge is 0.281 e. The molecule has 1 fully saturated rings. The van der Waals surface area contributed by atoms with E-state index in [-0.39, 0.29) is 11.6 Å². The third kappa shape index (κ3) is 4.48. The van der Waals surface area contributed by atoms with Gasteiger partial charge < -0.3 is 4.90 Å². The van der Waals surface area contributed by atoms with Gasteiger partial charge in [-0.15, -0.1) is 11.3 Å². The molecule has 2 aromatic heterocycles. The second kappa shape index (κ2) is 9.37. The molecule has 3 aromatic rings. The molecule has 0 bridgehead atoms. The molecular formula is C23H31N5OS. The monoisotopic (exact) mass is 425 g/mol. The number of nitrogens with zero attached hydrogens (tertiary/aromatic N) is 5. The fourth-order valence-electron chi connectivity index (χ4n) is 4.69. The first-order valence-electron chi connectivity index (χ1n) is 10.8. The Bertz CT molecular complexity index is 1030. The van der Waals surface area contributed by atoms with E-state index in [0.29, 0.717) is 18.0 Å². The number of fused-ring (bicyclic) bond motifs is 1. The molecule has 30 heavy (non-hydrogen) atoms. The molecule has 1 aliphatic rings. The van der Waals surface area contributed by atoms with Crippen molar-refractivity contribution in [3.05, 3.63) is 57.6 Å². The van der Waals surface area contributed by atoms with E-state index in [0.717, 1.165) is 42.3 Å². The zero-order valence-electron chi connectivity index (χ0n) is 18.1. The lowest BCUT2D eigenvalue weighted by Gasteiger charge is -2.39. The summed E-state index contributed by atoms with van der Waals surface area (Å²) in [6.07, 6.45) is 3.39. The molecule has 3 heterocycles. The van der Waals surface area contributed by atoms with E-state index in [1.165, 1.54) is 24.2 Å². The molecule has 6 nitrogen and oxygen atoms in total. The normalized spacial score (nSPS) is 18.9. The van der Waals surface area contributed by atoms with Crippen LogP contribution in [0.15, 0.2) is 40.6 Å². The quantitative estimate of drug-likeness (QED) is 0.579. The van der Waals surface area contributed by atoms with Crippen molar-refractivity contribution >= 4 is 21.7 Å². The van der Waals surface area contributed by atoms with E-state index in [9.17, 15) is 4.79 Å².